The molecule has 0 bridgehead atoms. The number of hydrogen-bond donors (Lipinski definition) is 0. The number of rotatable bonds is 2. The first-order chi connectivity index (χ1) is 8.47. The molecule has 7 heteroatoms. The van der Waals surface area contributed by atoms with E-state index in [1.807, 2.05) is 12.1 Å². The zero-order valence-electron chi connectivity index (χ0n) is 10.2. The van der Waals surface area contributed by atoms with Gasteiger partial charge >= 0.3 is 0 Å². The topological polar surface area (TPSA) is 53.5 Å². The Morgan fingerprint density at radius 3 is 2.61 bits per heavy atom. The molecule has 1 aromatic rings. The smallest absolute Gasteiger partial charge is 0.211 e. The van der Waals surface area contributed by atoms with Crippen LogP contribution in [0.15, 0.2) is 22.8 Å². The lowest BCUT2D eigenvalue weighted by Crippen LogP contribution is -2.34. The first-order valence-electron chi connectivity index (χ1n) is 5.78. The van der Waals surface area contributed by atoms with Gasteiger partial charge in [-0.05, 0) is 34.5 Å². The maximum absolute atomic E-state index is 11.5. The van der Waals surface area contributed by atoms with Crippen LogP contribution in [-0.2, 0) is 10.0 Å². The van der Waals surface area contributed by atoms with Crippen LogP contribution in [0.1, 0.15) is 6.42 Å². The van der Waals surface area contributed by atoms with Crippen molar-refractivity contribution in [3.05, 3.63) is 22.8 Å². The molecule has 1 saturated heterocycles. The summed E-state index contributed by atoms with van der Waals surface area (Å²) < 4.78 is 25.5. The van der Waals surface area contributed by atoms with Gasteiger partial charge in [0, 0.05) is 36.8 Å². The first-order valence-corrected chi connectivity index (χ1v) is 8.42. The zero-order chi connectivity index (χ0) is 13.2. The van der Waals surface area contributed by atoms with Crippen LogP contribution in [0, 0.1) is 0 Å². The summed E-state index contributed by atoms with van der Waals surface area (Å²) in [7, 11) is -3.08. The molecule has 5 nitrogen and oxygen atoms in total. The van der Waals surface area contributed by atoms with Gasteiger partial charge in [0.1, 0.15) is 5.82 Å². The van der Waals surface area contributed by atoms with Crippen molar-refractivity contribution in [2.75, 3.05) is 37.3 Å². The minimum absolute atomic E-state index is 0.524. The monoisotopic (exact) mass is 333 g/mol. The number of aromatic nitrogens is 1. The summed E-state index contributed by atoms with van der Waals surface area (Å²) in [5, 5.41) is 0. The van der Waals surface area contributed by atoms with E-state index in [2.05, 4.69) is 25.8 Å². The Kier molecular flexibility index (Phi) is 4.24. The van der Waals surface area contributed by atoms with E-state index in [0.717, 1.165) is 23.3 Å². The fraction of sp³-hybridized carbons (Fsp3) is 0.545. The van der Waals surface area contributed by atoms with E-state index in [4.69, 9.17) is 0 Å². The maximum atomic E-state index is 11.5. The Morgan fingerprint density at radius 2 is 2.00 bits per heavy atom. The quantitative estimate of drug-likeness (QED) is 0.819. The van der Waals surface area contributed by atoms with E-state index >= 15 is 0 Å². The van der Waals surface area contributed by atoms with Crippen molar-refractivity contribution in [2.45, 2.75) is 6.42 Å². The largest absolute Gasteiger partial charge is 0.355 e. The van der Waals surface area contributed by atoms with E-state index in [-0.39, 0.29) is 0 Å². The molecule has 0 N–H and O–H groups in total. The lowest BCUT2D eigenvalue weighted by atomic mass is 10.3. The molecule has 0 radical (unpaired) electrons. The molecule has 0 aromatic carbocycles. The highest BCUT2D eigenvalue weighted by Gasteiger charge is 2.21. The van der Waals surface area contributed by atoms with Gasteiger partial charge in [0.2, 0.25) is 10.0 Å². The molecule has 0 aliphatic carbocycles. The van der Waals surface area contributed by atoms with Gasteiger partial charge in [0.05, 0.1) is 6.26 Å². The van der Waals surface area contributed by atoms with Crippen LogP contribution >= 0.6 is 15.9 Å². The highest BCUT2D eigenvalue weighted by atomic mass is 79.9. The van der Waals surface area contributed by atoms with E-state index in [0.29, 0.717) is 19.6 Å². The van der Waals surface area contributed by atoms with Crippen molar-refractivity contribution in [3.8, 4) is 0 Å². The summed E-state index contributed by atoms with van der Waals surface area (Å²) in [4.78, 5) is 6.46. The van der Waals surface area contributed by atoms with Crippen molar-refractivity contribution in [1.82, 2.24) is 9.29 Å². The van der Waals surface area contributed by atoms with E-state index < -0.39 is 10.0 Å². The average Bonchev–Trinajstić information content (AvgIpc) is 2.55. The third-order valence-electron chi connectivity index (χ3n) is 2.96. The highest BCUT2D eigenvalue weighted by Crippen LogP contribution is 2.17. The zero-order valence-corrected chi connectivity index (χ0v) is 12.6. The molecule has 0 atom stereocenters. The molecule has 2 rings (SSSR count). The van der Waals surface area contributed by atoms with Crippen LogP contribution in [0.25, 0.3) is 0 Å². The fourth-order valence-electron chi connectivity index (χ4n) is 2.01. The number of nitrogens with zero attached hydrogens (tertiary/aromatic N) is 3. The molecule has 0 saturated carbocycles. The second kappa shape index (κ2) is 5.54. The average molecular weight is 334 g/mol. The number of pyridine rings is 1. The van der Waals surface area contributed by atoms with Crippen LogP contribution in [-0.4, -0.2) is 50.1 Å². The number of hydrogen-bond acceptors (Lipinski definition) is 4. The number of anilines is 1. The van der Waals surface area contributed by atoms with Gasteiger partial charge in [-0.3, -0.25) is 0 Å². The second-order valence-electron chi connectivity index (χ2n) is 4.34. The van der Waals surface area contributed by atoms with Crippen LogP contribution in [0.4, 0.5) is 5.82 Å². The van der Waals surface area contributed by atoms with Crippen molar-refractivity contribution >= 4 is 31.8 Å². The number of halogens is 1. The molecule has 100 valence electrons. The lowest BCUT2D eigenvalue weighted by molar-refractivity contribution is 0.437. The molecule has 0 unspecified atom stereocenters. The Morgan fingerprint density at radius 1 is 1.22 bits per heavy atom. The molecule has 1 aliphatic rings. The molecular formula is C11H16BrN3O2S. The SMILES string of the molecule is CS(=O)(=O)N1CCCN(c2ccc(Br)cn2)CC1. The van der Waals surface area contributed by atoms with Gasteiger partial charge in [-0.2, -0.15) is 0 Å². The predicted molar refractivity (Wildman–Crippen MR) is 75.2 cm³/mol. The summed E-state index contributed by atoms with van der Waals surface area (Å²) in [5.74, 6) is 0.897. The predicted octanol–water partition coefficient (Wildman–Crippen LogP) is 1.32. The third kappa shape index (κ3) is 3.43. The minimum Gasteiger partial charge on any atom is -0.355 e. The van der Waals surface area contributed by atoms with E-state index in [1.54, 1.807) is 6.20 Å². The first kappa shape index (κ1) is 13.8. The van der Waals surface area contributed by atoms with Gasteiger partial charge in [-0.15, -0.1) is 0 Å². The van der Waals surface area contributed by atoms with Gasteiger partial charge in [0.15, 0.2) is 0 Å². The highest BCUT2D eigenvalue weighted by molar-refractivity contribution is 9.10. The summed E-state index contributed by atoms with van der Waals surface area (Å²) >= 11 is 3.35. The molecule has 2 heterocycles. The van der Waals surface area contributed by atoms with Crippen molar-refractivity contribution in [1.29, 1.82) is 0 Å². The summed E-state index contributed by atoms with van der Waals surface area (Å²) in [5.41, 5.74) is 0. The lowest BCUT2D eigenvalue weighted by Gasteiger charge is -2.21. The van der Waals surface area contributed by atoms with Crippen molar-refractivity contribution in [3.63, 3.8) is 0 Å². The molecule has 0 amide bonds. The van der Waals surface area contributed by atoms with Crippen molar-refractivity contribution in [2.24, 2.45) is 0 Å². The Hall–Kier alpha value is -0.660. The molecule has 0 spiro atoms. The van der Waals surface area contributed by atoms with Gasteiger partial charge in [0.25, 0.3) is 0 Å². The number of sulfonamides is 1. The Labute approximate surface area is 116 Å². The van der Waals surface area contributed by atoms with Crippen LogP contribution in [0.2, 0.25) is 0 Å². The summed E-state index contributed by atoms with van der Waals surface area (Å²) in [6.07, 6.45) is 3.85. The minimum atomic E-state index is -3.08. The Bertz CT molecular complexity index is 504. The molecule has 1 fully saturated rings. The van der Waals surface area contributed by atoms with Gasteiger partial charge < -0.3 is 4.90 Å². The van der Waals surface area contributed by atoms with Gasteiger partial charge in [-0.25, -0.2) is 17.7 Å². The standard InChI is InChI=1S/C11H16BrN3O2S/c1-18(16,17)15-6-2-5-14(7-8-15)11-4-3-10(12)9-13-11/h3-4,9H,2,5-8H2,1H3. The third-order valence-corrected chi connectivity index (χ3v) is 4.73. The summed E-state index contributed by atoms with van der Waals surface area (Å²) in [6, 6.07) is 3.89. The fourth-order valence-corrected chi connectivity index (χ4v) is 3.12. The molecule has 1 aliphatic heterocycles. The van der Waals surface area contributed by atoms with Crippen molar-refractivity contribution < 1.29 is 8.42 Å². The normalized spacial score (nSPS) is 18.7. The maximum Gasteiger partial charge on any atom is 0.211 e. The molecule has 1 aromatic heterocycles. The van der Waals surface area contributed by atoms with Gasteiger partial charge in [-0.1, -0.05) is 0 Å². The molecular weight excluding hydrogens is 318 g/mol. The van der Waals surface area contributed by atoms with Crippen LogP contribution in [0.3, 0.4) is 0 Å². The second-order valence-corrected chi connectivity index (χ2v) is 7.24. The van der Waals surface area contributed by atoms with Crippen LogP contribution in [0.5, 0.6) is 0 Å². The Balaban J connectivity index is 2.07. The van der Waals surface area contributed by atoms with Crippen LogP contribution < -0.4 is 4.90 Å². The summed E-state index contributed by atoms with van der Waals surface area (Å²) in [6.45, 7) is 2.63. The van der Waals surface area contributed by atoms with E-state index in [9.17, 15) is 8.42 Å². The molecule has 18 heavy (non-hydrogen) atoms. The van der Waals surface area contributed by atoms with E-state index in [1.165, 1.54) is 10.6 Å².